The van der Waals surface area contributed by atoms with Crippen LogP contribution in [0.25, 0.3) is 0 Å². The van der Waals surface area contributed by atoms with Crippen molar-refractivity contribution in [1.82, 2.24) is 0 Å². The van der Waals surface area contributed by atoms with Crippen LogP contribution < -0.4 is 5.73 Å². The number of rotatable bonds is 10. The van der Waals surface area contributed by atoms with E-state index in [4.69, 9.17) is 5.11 Å². The van der Waals surface area contributed by atoms with Gasteiger partial charge in [-0.15, -0.1) is 6.58 Å². The van der Waals surface area contributed by atoms with Crippen molar-refractivity contribution in [3.63, 3.8) is 0 Å². The number of aliphatic hydroxyl groups is 1. The molecular weight excluding hydrogens is 246 g/mol. The van der Waals surface area contributed by atoms with Crippen molar-refractivity contribution in [3.8, 4) is 0 Å². The third-order valence-corrected chi connectivity index (χ3v) is 2.72. The number of nitrogens with two attached hydrogens (primary N) is 1. The molecule has 0 radical (unpaired) electrons. The lowest BCUT2D eigenvalue weighted by atomic mass is 10.0. The van der Waals surface area contributed by atoms with E-state index in [9.17, 15) is 0 Å². The van der Waals surface area contributed by atoms with Crippen LogP contribution in [0, 0.1) is 5.92 Å². The van der Waals surface area contributed by atoms with Crippen LogP contribution in [0.5, 0.6) is 0 Å². The Balaban J connectivity index is -0.000000299. The van der Waals surface area contributed by atoms with E-state index in [0.717, 1.165) is 5.92 Å². The zero-order chi connectivity index (χ0) is 16.1. The first kappa shape index (κ1) is 24.3. The third kappa shape index (κ3) is 43.4. The molecule has 0 fully saturated rings. The van der Waals surface area contributed by atoms with E-state index in [2.05, 4.69) is 39.7 Å². The molecule has 0 aliphatic carbocycles. The molecule has 0 unspecified atom stereocenters. The highest BCUT2D eigenvalue weighted by molar-refractivity contribution is 4.63. The Bertz CT molecular complexity index is 167. The van der Waals surface area contributed by atoms with Crippen molar-refractivity contribution < 1.29 is 5.11 Å². The molecule has 0 aromatic carbocycles. The monoisotopic (exact) mass is 285 g/mol. The summed E-state index contributed by atoms with van der Waals surface area (Å²) >= 11 is 0. The third-order valence-electron chi connectivity index (χ3n) is 2.72. The van der Waals surface area contributed by atoms with E-state index in [1.54, 1.807) is 6.08 Å². The van der Waals surface area contributed by atoms with Crippen LogP contribution in [0.1, 0.15) is 78.6 Å². The summed E-state index contributed by atoms with van der Waals surface area (Å²) in [6.07, 6.45) is 15.2. The predicted octanol–water partition coefficient (Wildman–Crippen LogP) is 5.43. The molecule has 0 rings (SSSR count). The molecule has 0 saturated heterocycles. The van der Waals surface area contributed by atoms with E-state index < -0.39 is 0 Å². The molecule has 122 valence electrons. The topological polar surface area (TPSA) is 46.2 Å². The maximum absolute atomic E-state index is 8.00. The Morgan fingerprint density at radius 2 is 1.45 bits per heavy atom. The van der Waals surface area contributed by atoms with E-state index in [0.29, 0.717) is 6.42 Å². The number of unbranched alkanes of at least 4 members (excludes halogenated alkanes) is 6. The van der Waals surface area contributed by atoms with Gasteiger partial charge in [-0.05, 0) is 18.5 Å². The summed E-state index contributed by atoms with van der Waals surface area (Å²) in [5.41, 5.74) is 4.61. The quantitative estimate of drug-likeness (QED) is 0.415. The van der Waals surface area contributed by atoms with Crippen LogP contribution in [0.2, 0.25) is 0 Å². The number of hydrogen-bond acceptors (Lipinski definition) is 2. The van der Waals surface area contributed by atoms with E-state index in [1.807, 2.05) is 0 Å². The molecular formula is C18H39NO. The lowest BCUT2D eigenvalue weighted by Gasteiger charge is -2.03. The summed E-state index contributed by atoms with van der Waals surface area (Å²) in [4.78, 5) is 0. The molecule has 0 aliphatic heterocycles. The van der Waals surface area contributed by atoms with Gasteiger partial charge < -0.3 is 10.8 Å². The highest BCUT2D eigenvalue weighted by Gasteiger charge is 1.93. The summed E-state index contributed by atoms with van der Waals surface area (Å²) in [5, 5.41) is 8.00. The Kier molecular flexibility index (Phi) is 32.4. The summed E-state index contributed by atoms with van der Waals surface area (Å²) in [6.45, 7) is 13.7. The van der Waals surface area contributed by atoms with Crippen molar-refractivity contribution >= 4 is 0 Å². The fraction of sp³-hybridized carbons (Fsp3) is 0.778. The van der Waals surface area contributed by atoms with Gasteiger partial charge in [0, 0.05) is 6.61 Å². The standard InChI is InChI=1S/C12H26.C4H8O.C2H5N/c1-4-5-6-7-8-9-10-11-12(2)3;1-2-3-4-5;1-2-3/h12H,4-11H2,1-3H3;2,5H,1,3-4H2;2H,1,3H2. The van der Waals surface area contributed by atoms with Crippen LogP contribution in [-0.2, 0) is 0 Å². The SMILES string of the molecule is C=CCCO.C=CN.CCCCCCCCCC(C)C. The highest BCUT2D eigenvalue weighted by atomic mass is 16.2. The van der Waals surface area contributed by atoms with Gasteiger partial charge in [-0.3, -0.25) is 0 Å². The summed E-state index contributed by atoms with van der Waals surface area (Å²) in [7, 11) is 0. The lowest BCUT2D eigenvalue weighted by Crippen LogP contribution is -1.87. The smallest absolute Gasteiger partial charge is 0.0465 e. The van der Waals surface area contributed by atoms with Gasteiger partial charge in [-0.2, -0.15) is 0 Å². The van der Waals surface area contributed by atoms with Gasteiger partial charge in [0.2, 0.25) is 0 Å². The molecule has 0 bridgehead atoms. The van der Waals surface area contributed by atoms with E-state index in [1.165, 1.54) is 57.6 Å². The Labute approximate surface area is 128 Å². The van der Waals surface area contributed by atoms with Gasteiger partial charge in [-0.25, -0.2) is 0 Å². The molecule has 0 amide bonds. The second-order valence-electron chi connectivity index (χ2n) is 5.34. The molecule has 0 aromatic rings. The first-order valence-electron chi connectivity index (χ1n) is 8.14. The minimum Gasteiger partial charge on any atom is -0.405 e. The van der Waals surface area contributed by atoms with Crippen molar-refractivity contribution in [2.45, 2.75) is 78.6 Å². The zero-order valence-electron chi connectivity index (χ0n) is 14.2. The van der Waals surface area contributed by atoms with Crippen LogP contribution >= 0.6 is 0 Å². The summed E-state index contributed by atoms with van der Waals surface area (Å²) in [6, 6.07) is 0. The predicted molar refractivity (Wildman–Crippen MR) is 93.7 cm³/mol. The number of hydrogen-bond donors (Lipinski definition) is 2. The van der Waals surface area contributed by atoms with E-state index >= 15 is 0 Å². The van der Waals surface area contributed by atoms with E-state index in [-0.39, 0.29) is 6.61 Å². The Morgan fingerprint density at radius 3 is 1.75 bits per heavy atom. The molecule has 3 N–H and O–H groups in total. The maximum Gasteiger partial charge on any atom is 0.0465 e. The Hall–Kier alpha value is -0.760. The van der Waals surface area contributed by atoms with Crippen molar-refractivity contribution in [1.29, 1.82) is 0 Å². The van der Waals surface area contributed by atoms with Gasteiger partial charge in [0.1, 0.15) is 0 Å². The molecule has 0 aromatic heterocycles. The molecule has 0 atom stereocenters. The van der Waals surface area contributed by atoms with Gasteiger partial charge in [0.15, 0.2) is 0 Å². The average Bonchev–Trinajstić information content (AvgIpc) is 2.40. The van der Waals surface area contributed by atoms with Crippen LogP contribution in [0.4, 0.5) is 0 Å². The van der Waals surface area contributed by atoms with Crippen molar-refractivity contribution in [2.24, 2.45) is 11.7 Å². The van der Waals surface area contributed by atoms with Crippen LogP contribution in [0.3, 0.4) is 0 Å². The zero-order valence-corrected chi connectivity index (χ0v) is 14.2. The molecule has 0 heterocycles. The van der Waals surface area contributed by atoms with Crippen LogP contribution in [-0.4, -0.2) is 11.7 Å². The second kappa shape index (κ2) is 26.7. The summed E-state index contributed by atoms with van der Waals surface area (Å²) < 4.78 is 0. The minimum absolute atomic E-state index is 0.226. The van der Waals surface area contributed by atoms with Gasteiger partial charge >= 0.3 is 0 Å². The second-order valence-corrected chi connectivity index (χ2v) is 5.34. The fourth-order valence-corrected chi connectivity index (χ4v) is 1.60. The largest absolute Gasteiger partial charge is 0.405 e. The molecule has 20 heavy (non-hydrogen) atoms. The fourth-order valence-electron chi connectivity index (χ4n) is 1.60. The normalized spacial score (nSPS) is 9.05. The van der Waals surface area contributed by atoms with Gasteiger partial charge in [0.05, 0.1) is 0 Å². The van der Waals surface area contributed by atoms with Crippen molar-refractivity contribution in [3.05, 3.63) is 25.4 Å². The lowest BCUT2D eigenvalue weighted by molar-refractivity contribution is 0.303. The van der Waals surface area contributed by atoms with Crippen molar-refractivity contribution in [2.75, 3.05) is 6.61 Å². The average molecular weight is 286 g/mol. The molecule has 0 aliphatic rings. The Morgan fingerprint density at radius 1 is 1.00 bits per heavy atom. The maximum atomic E-state index is 8.00. The first-order valence-corrected chi connectivity index (χ1v) is 8.14. The summed E-state index contributed by atoms with van der Waals surface area (Å²) in [5.74, 6) is 0.903. The molecule has 2 heteroatoms. The molecule has 0 spiro atoms. The number of aliphatic hydroxyl groups excluding tert-OH is 1. The molecule has 0 saturated carbocycles. The first-order chi connectivity index (χ1) is 9.60. The van der Waals surface area contributed by atoms with Crippen LogP contribution in [0.15, 0.2) is 25.4 Å². The van der Waals surface area contributed by atoms with Gasteiger partial charge in [0.25, 0.3) is 0 Å². The molecule has 2 nitrogen and oxygen atoms in total. The highest BCUT2D eigenvalue weighted by Crippen LogP contribution is 2.11. The van der Waals surface area contributed by atoms with Gasteiger partial charge in [-0.1, -0.05) is 84.8 Å². The minimum atomic E-state index is 0.226.